The molecule has 0 aliphatic carbocycles. The number of nitriles is 1. The van der Waals surface area contributed by atoms with Gasteiger partial charge in [0.05, 0.1) is 52.6 Å². The number of methoxy groups -OCH3 is 2. The molecule has 5 aromatic rings. The third-order valence-electron chi connectivity index (χ3n) is 12.1. The van der Waals surface area contributed by atoms with E-state index in [1.165, 1.54) is 0 Å². The van der Waals surface area contributed by atoms with Crippen LogP contribution in [0.25, 0.3) is 11.2 Å². The van der Waals surface area contributed by atoms with Crippen molar-refractivity contribution in [1.82, 2.24) is 29.1 Å². The van der Waals surface area contributed by atoms with Gasteiger partial charge in [0.15, 0.2) is 25.7 Å². The Morgan fingerprint density at radius 3 is 2.03 bits per heavy atom. The lowest BCUT2D eigenvalue weighted by Crippen LogP contribution is -2.50. The zero-order valence-corrected chi connectivity index (χ0v) is 43.0. The number of aromatic amines is 1. The third kappa shape index (κ3) is 11.5. The van der Waals surface area contributed by atoms with Crippen molar-refractivity contribution in [3.63, 3.8) is 0 Å². The molecule has 1 fully saturated rings. The van der Waals surface area contributed by atoms with Crippen molar-refractivity contribution in [2.24, 2.45) is 4.99 Å². The lowest BCUT2D eigenvalue weighted by Gasteiger charge is -2.42. The fourth-order valence-corrected chi connectivity index (χ4v) is 10.9. The zero-order valence-electron chi connectivity index (χ0n) is 41.1. The van der Waals surface area contributed by atoms with Crippen LogP contribution in [0, 0.1) is 11.3 Å². The number of hydrogen-bond acceptors (Lipinski definition) is 13. The molecule has 1 aliphatic rings. The molecule has 2 aromatic heterocycles. The summed E-state index contributed by atoms with van der Waals surface area (Å²) in [5.74, 6) is 1.49. The van der Waals surface area contributed by atoms with Crippen LogP contribution in [0.15, 0.2) is 95.0 Å². The first-order valence-electron chi connectivity index (χ1n) is 22.6. The fourth-order valence-electron chi connectivity index (χ4n) is 7.85. The van der Waals surface area contributed by atoms with Crippen LogP contribution in [-0.4, -0.2) is 116 Å². The quantitative estimate of drug-likeness (QED) is 0.0185. The maximum atomic E-state index is 13.6. The summed E-state index contributed by atoms with van der Waals surface area (Å²) in [7, 11) is 2.45. The Kier molecular flexibility index (Phi) is 16.8. The predicted octanol–water partition coefficient (Wildman–Crippen LogP) is 9.32. The van der Waals surface area contributed by atoms with Crippen LogP contribution in [0.3, 0.4) is 0 Å². The number of ether oxygens (including phenoxy) is 4. The molecule has 0 spiro atoms. The minimum Gasteiger partial charge on any atom is -0.497 e. The Morgan fingerprint density at radius 2 is 1.51 bits per heavy atom. The minimum atomic E-state index is -2.66. The Bertz CT molecular complexity index is 2450. The van der Waals surface area contributed by atoms with Crippen molar-refractivity contribution in [3.05, 3.63) is 112 Å². The van der Waals surface area contributed by atoms with Crippen LogP contribution in [0.5, 0.6) is 11.5 Å². The molecule has 1 aliphatic heterocycles. The molecule has 0 radical (unpaired) electrons. The van der Waals surface area contributed by atoms with Crippen molar-refractivity contribution in [1.29, 1.82) is 5.26 Å². The van der Waals surface area contributed by atoms with Gasteiger partial charge in [0.1, 0.15) is 35.4 Å². The topological polar surface area (TPSA) is 171 Å². The Balaban J connectivity index is 1.59. The molecule has 6 rings (SSSR count). The Labute approximate surface area is 397 Å². The van der Waals surface area contributed by atoms with Gasteiger partial charge in [0, 0.05) is 26.2 Å². The number of aliphatic imine (C=N–C) groups is 1. The highest BCUT2D eigenvalue weighted by molar-refractivity contribution is 7.44. The van der Waals surface area contributed by atoms with Gasteiger partial charge in [-0.2, -0.15) is 10.2 Å². The maximum Gasteiger partial charge on any atom is 0.280 e. The highest BCUT2D eigenvalue weighted by atomic mass is 31.2. The summed E-state index contributed by atoms with van der Waals surface area (Å²) in [5, 5.41) is 9.39. The van der Waals surface area contributed by atoms with Gasteiger partial charge in [-0.25, -0.2) is 14.6 Å². The van der Waals surface area contributed by atoms with E-state index in [9.17, 15) is 10.1 Å². The second-order valence-corrected chi connectivity index (χ2v) is 24.9. The average Bonchev–Trinajstić information content (AvgIpc) is 3.86. The van der Waals surface area contributed by atoms with Gasteiger partial charge in [-0.3, -0.25) is 14.3 Å². The normalized spacial score (nSPS) is 18.6. The lowest BCUT2D eigenvalue weighted by molar-refractivity contribution is -0.0926. The van der Waals surface area contributed by atoms with Crippen LogP contribution in [0.2, 0.25) is 18.1 Å². The van der Waals surface area contributed by atoms with E-state index in [-0.39, 0.29) is 53.9 Å². The monoisotopic (exact) mass is 954 g/mol. The number of H-pyrrole nitrogens is 1. The molecule has 1 saturated heterocycles. The first kappa shape index (κ1) is 51.4. The molecule has 0 bridgehead atoms. The highest BCUT2D eigenvalue weighted by Crippen LogP contribution is 2.53. The van der Waals surface area contributed by atoms with Crippen molar-refractivity contribution in [2.75, 3.05) is 41.5 Å². The SMILES string of the molecule is COc1ccc(C(OC[C@H]2O[C@@H](n3cnc4c(=O)[nH]c(N=CN(C)C)nc43)C(O[Si](C)(C)C(C)(C)C)[C@H]2OP(OCCC#N)N(C(C)C)C(C)C)(c2ccccc2)c2ccc(OC)cc2)cc1. The second-order valence-electron chi connectivity index (χ2n) is 18.8. The fraction of sp³-hybridized carbons (Fsp3) is 0.490. The molecule has 5 atom stereocenters. The van der Waals surface area contributed by atoms with Crippen molar-refractivity contribution in [3.8, 4) is 17.6 Å². The van der Waals surface area contributed by atoms with E-state index in [1.807, 2.05) is 93.0 Å². The van der Waals surface area contributed by atoms with Crippen LogP contribution >= 0.6 is 8.53 Å². The number of nitrogens with one attached hydrogen (secondary N) is 1. The molecule has 360 valence electrons. The van der Waals surface area contributed by atoms with Crippen molar-refractivity contribution < 1.29 is 32.4 Å². The second kappa shape index (κ2) is 21.9. The van der Waals surface area contributed by atoms with Crippen molar-refractivity contribution >= 4 is 40.3 Å². The molecule has 2 unspecified atom stereocenters. The Morgan fingerprint density at radius 1 is 0.925 bits per heavy atom. The summed E-state index contributed by atoms with van der Waals surface area (Å²) in [6, 6.07) is 28.0. The van der Waals surface area contributed by atoms with Crippen LogP contribution in [0.1, 0.15) is 77.8 Å². The summed E-state index contributed by atoms with van der Waals surface area (Å²) in [6.07, 6.45) is -0.0900. The van der Waals surface area contributed by atoms with Crippen LogP contribution in [-0.2, 0) is 28.5 Å². The van der Waals surface area contributed by atoms with E-state index in [1.54, 1.807) is 36.4 Å². The molecule has 3 heterocycles. The van der Waals surface area contributed by atoms with Gasteiger partial charge >= 0.3 is 0 Å². The lowest BCUT2D eigenvalue weighted by atomic mass is 9.80. The summed E-state index contributed by atoms with van der Waals surface area (Å²) < 4.78 is 51.4. The number of benzene rings is 3. The van der Waals surface area contributed by atoms with Gasteiger partial charge in [0.25, 0.3) is 14.1 Å². The summed E-state index contributed by atoms with van der Waals surface area (Å²) in [5.41, 5.74) is 1.28. The van der Waals surface area contributed by atoms with Gasteiger partial charge in [0.2, 0.25) is 5.95 Å². The predicted molar refractivity (Wildman–Crippen MR) is 264 cm³/mol. The number of hydrogen-bond donors (Lipinski definition) is 1. The van der Waals surface area contributed by atoms with Crippen LogP contribution in [0.4, 0.5) is 5.95 Å². The first-order valence-corrected chi connectivity index (χ1v) is 26.6. The smallest absolute Gasteiger partial charge is 0.280 e. The summed E-state index contributed by atoms with van der Waals surface area (Å²) >= 11 is 0. The molecule has 1 N–H and O–H groups in total. The maximum absolute atomic E-state index is 13.6. The van der Waals surface area contributed by atoms with Crippen molar-refractivity contribution in [2.45, 2.75) is 115 Å². The molecule has 16 nitrogen and oxygen atoms in total. The highest BCUT2D eigenvalue weighted by Gasteiger charge is 2.54. The Hall–Kier alpha value is -5.02. The first-order chi connectivity index (χ1) is 31.8. The summed E-state index contributed by atoms with van der Waals surface area (Å²) in [6.45, 7) is 19.4. The number of aromatic nitrogens is 4. The molecule has 0 saturated carbocycles. The number of imidazole rings is 1. The van der Waals surface area contributed by atoms with Gasteiger partial charge < -0.3 is 37.3 Å². The molecular formula is C49H67N8O8PSi. The van der Waals surface area contributed by atoms with Gasteiger partial charge in [-0.1, -0.05) is 75.4 Å². The third-order valence-corrected chi connectivity index (χ3v) is 18.7. The van der Waals surface area contributed by atoms with E-state index >= 15 is 0 Å². The minimum absolute atomic E-state index is 0.00584. The average molecular weight is 955 g/mol. The molecule has 18 heteroatoms. The molecule has 3 aromatic carbocycles. The number of nitrogens with zero attached hydrogens (tertiary/aromatic N) is 7. The molecule has 0 amide bonds. The van der Waals surface area contributed by atoms with Gasteiger partial charge in [-0.15, -0.1) is 0 Å². The van der Waals surface area contributed by atoms with E-state index in [2.05, 4.69) is 87.3 Å². The van der Waals surface area contributed by atoms with E-state index in [0.717, 1.165) is 16.7 Å². The van der Waals surface area contributed by atoms with E-state index < -0.39 is 52.5 Å². The number of rotatable bonds is 21. The van der Waals surface area contributed by atoms with E-state index in [0.29, 0.717) is 11.5 Å². The summed E-state index contributed by atoms with van der Waals surface area (Å²) in [4.78, 5) is 31.9. The largest absolute Gasteiger partial charge is 0.497 e. The van der Waals surface area contributed by atoms with E-state index in [4.69, 9.17) is 37.4 Å². The standard InChI is InChI=1S/C49H67N8O8PSi/c1-33(2)57(34(3)4)66(62-29-17-28-50)64-42-40(30-61-49(35-18-15-14-16-19-35,36-20-24-38(59-10)25-21-36)37-22-26-39(60-11)27-23-37)63-46(43(42)65-67(12,13)48(5,6)7)56-32-51-41-44(56)53-47(54-45(41)58)52-31-55(8)9/h14-16,18-27,31-34,40,42-43,46H,17,29-30H2,1-13H3,(H,53,54,58)/t40-,42+,43?,46-,66?/m1/s1. The zero-order chi connectivity index (χ0) is 48.7. The van der Waals surface area contributed by atoms with Crippen LogP contribution < -0.4 is 15.0 Å². The number of fused-ring (bicyclic) bond motifs is 1. The molecular weight excluding hydrogens is 888 g/mol. The molecule has 67 heavy (non-hydrogen) atoms. The van der Waals surface area contributed by atoms with Gasteiger partial charge in [-0.05, 0) is 86.8 Å².